The first-order valence-electron chi connectivity index (χ1n) is 15.5. The zero-order valence-corrected chi connectivity index (χ0v) is 26.6. The van der Waals surface area contributed by atoms with E-state index < -0.39 is 16.1 Å². The van der Waals surface area contributed by atoms with Gasteiger partial charge in [-0.2, -0.15) is 0 Å². The van der Waals surface area contributed by atoms with E-state index in [0.717, 1.165) is 47.4 Å². The van der Waals surface area contributed by atoms with Gasteiger partial charge in [-0.1, -0.05) is 48.9 Å². The summed E-state index contributed by atoms with van der Waals surface area (Å²) < 4.78 is 41.3. The van der Waals surface area contributed by atoms with Crippen molar-refractivity contribution < 1.29 is 17.9 Å². The number of carbonyl (C=O) groups is 1. The lowest BCUT2D eigenvalue weighted by atomic mass is 9.97. The van der Waals surface area contributed by atoms with E-state index in [9.17, 15) is 13.2 Å². The standard InChI is InChI=1S/C34H37N5O4S2/c40-34(36-31-13-17-43-33-18-24(8-11-30(31)33)23-38-14-4-1-5-15-38)21-32(27-12-16-39-28(19-27)22-35-44-39)37-45(41,42)29-10-9-25-6-2-3-7-26(25)20-29/h2-3,6-12,16,18-20,22,31-32,35,37H,1,4-5,13-15,17,21,23H2,(H,36,40). The lowest BCUT2D eigenvalue weighted by Gasteiger charge is -2.30. The molecule has 4 heterocycles. The molecule has 0 saturated carbocycles. The molecule has 45 heavy (non-hydrogen) atoms. The van der Waals surface area contributed by atoms with Crippen molar-refractivity contribution >= 4 is 38.8 Å². The van der Waals surface area contributed by atoms with Gasteiger partial charge in [0.2, 0.25) is 15.9 Å². The quantitative estimate of drug-likeness (QED) is 0.271. The predicted molar refractivity (Wildman–Crippen MR) is 177 cm³/mol. The Bertz CT molecular complexity index is 1800. The molecule has 9 nitrogen and oxygen atoms in total. The number of nitrogens with one attached hydrogen (secondary N) is 3. The average Bonchev–Trinajstić information content (AvgIpc) is 3.53. The maximum absolute atomic E-state index is 13.7. The Hall–Kier alpha value is -3.77. The summed E-state index contributed by atoms with van der Waals surface area (Å²) in [5.74, 6) is 0.576. The molecule has 2 unspecified atom stereocenters. The van der Waals surface area contributed by atoms with Gasteiger partial charge in [-0.3, -0.25) is 14.0 Å². The molecule has 11 heteroatoms. The Balaban J connectivity index is 1.09. The number of carbonyl (C=O) groups excluding carboxylic acids is 1. The van der Waals surface area contributed by atoms with E-state index in [-0.39, 0.29) is 23.3 Å². The van der Waals surface area contributed by atoms with Gasteiger partial charge in [0.05, 0.1) is 41.4 Å². The summed E-state index contributed by atoms with van der Waals surface area (Å²) in [6, 6.07) is 18.0. The molecule has 1 fully saturated rings. The van der Waals surface area contributed by atoms with Gasteiger partial charge in [-0.25, -0.2) is 13.1 Å². The average molecular weight is 644 g/mol. The number of likely N-dealkylation sites (tertiary alicyclic amines) is 1. The van der Waals surface area contributed by atoms with Crippen molar-refractivity contribution in [2.45, 2.75) is 55.6 Å². The van der Waals surface area contributed by atoms with E-state index in [1.807, 2.05) is 53.1 Å². The number of hydrogen-bond donors (Lipinski definition) is 3. The normalized spacial score (nSPS) is 20.4. The van der Waals surface area contributed by atoms with E-state index in [4.69, 9.17) is 4.74 Å². The van der Waals surface area contributed by atoms with Gasteiger partial charge in [-0.05, 0) is 78.2 Å². The van der Waals surface area contributed by atoms with Gasteiger partial charge in [0.25, 0.3) is 0 Å². The molecule has 0 radical (unpaired) electrons. The lowest BCUT2D eigenvalue weighted by molar-refractivity contribution is -0.122. The number of nitrogens with zero attached hydrogens (tertiary/aromatic N) is 2. The van der Waals surface area contributed by atoms with Crippen LogP contribution in [0.5, 0.6) is 5.75 Å². The molecular formula is C34H37N5O4S2. The summed E-state index contributed by atoms with van der Waals surface area (Å²) in [5.41, 5.74) is 3.75. The monoisotopic (exact) mass is 643 g/mol. The largest absolute Gasteiger partial charge is 0.493 e. The molecule has 2 atom stereocenters. The molecule has 3 N–H and O–H groups in total. The fourth-order valence-electron chi connectivity index (χ4n) is 6.38. The minimum absolute atomic E-state index is 0.0590. The van der Waals surface area contributed by atoms with Gasteiger partial charge >= 0.3 is 0 Å². The number of amides is 1. The van der Waals surface area contributed by atoms with E-state index in [2.05, 4.69) is 37.9 Å². The Morgan fingerprint density at radius 2 is 1.89 bits per heavy atom. The Kier molecular flexibility index (Phi) is 8.59. The summed E-state index contributed by atoms with van der Waals surface area (Å²) >= 11 is 1.42. The van der Waals surface area contributed by atoms with E-state index >= 15 is 0 Å². The Labute approximate surface area is 268 Å². The Morgan fingerprint density at radius 1 is 1.04 bits per heavy atom. The van der Waals surface area contributed by atoms with Crippen LogP contribution in [0.2, 0.25) is 0 Å². The number of rotatable bonds is 9. The number of fused-ring (bicyclic) bond motifs is 3. The van der Waals surface area contributed by atoms with Crippen molar-refractivity contribution in [3.05, 3.63) is 108 Å². The number of piperidine rings is 1. The first-order chi connectivity index (χ1) is 21.9. The fourth-order valence-corrected chi connectivity index (χ4v) is 8.26. The molecule has 0 spiro atoms. The van der Waals surface area contributed by atoms with Crippen LogP contribution in [0, 0.1) is 0 Å². The maximum atomic E-state index is 13.7. The summed E-state index contributed by atoms with van der Waals surface area (Å²) in [6.45, 7) is 3.65. The van der Waals surface area contributed by atoms with E-state index in [1.165, 1.54) is 37.0 Å². The van der Waals surface area contributed by atoms with Crippen molar-refractivity contribution in [3.63, 3.8) is 0 Å². The van der Waals surface area contributed by atoms with Gasteiger partial charge < -0.3 is 14.8 Å². The molecule has 4 aliphatic heterocycles. The molecule has 0 bridgehead atoms. The van der Waals surface area contributed by atoms with Crippen LogP contribution in [0.4, 0.5) is 0 Å². The van der Waals surface area contributed by atoms with Crippen molar-refractivity contribution in [2.75, 3.05) is 19.7 Å². The highest BCUT2D eigenvalue weighted by atomic mass is 32.2. The lowest BCUT2D eigenvalue weighted by Crippen LogP contribution is -2.41. The van der Waals surface area contributed by atoms with Crippen LogP contribution in [0.3, 0.4) is 0 Å². The number of ether oxygens (including phenoxy) is 1. The highest BCUT2D eigenvalue weighted by Gasteiger charge is 2.30. The zero-order valence-electron chi connectivity index (χ0n) is 24.9. The first-order valence-corrected chi connectivity index (χ1v) is 17.8. The number of allylic oxidation sites excluding steroid dienone is 1. The molecular weight excluding hydrogens is 607 g/mol. The summed E-state index contributed by atoms with van der Waals surface area (Å²) in [5, 5.41) is 4.97. The minimum atomic E-state index is -3.95. The molecule has 0 aromatic heterocycles. The van der Waals surface area contributed by atoms with Crippen molar-refractivity contribution in [1.82, 2.24) is 24.0 Å². The molecule has 3 aromatic rings. The van der Waals surface area contributed by atoms with Crippen LogP contribution in [0.15, 0.2) is 101 Å². The topological polar surface area (TPSA) is 103 Å². The molecule has 1 saturated heterocycles. The van der Waals surface area contributed by atoms with Crippen molar-refractivity contribution in [2.24, 2.45) is 0 Å². The highest BCUT2D eigenvalue weighted by molar-refractivity contribution is 7.95. The minimum Gasteiger partial charge on any atom is -0.493 e. The molecule has 1 amide bonds. The third kappa shape index (κ3) is 6.76. The van der Waals surface area contributed by atoms with Gasteiger partial charge in [0, 0.05) is 37.3 Å². The van der Waals surface area contributed by atoms with Crippen LogP contribution in [-0.2, 0) is 21.4 Å². The van der Waals surface area contributed by atoms with Crippen LogP contribution in [-0.4, -0.2) is 49.3 Å². The third-order valence-corrected chi connectivity index (χ3v) is 11.0. The molecule has 7 rings (SSSR count). The van der Waals surface area contributed by atoms with E-state index in [0.29, 0.717) is 18.6 Å². The molecule has 234 valence electrons. The maximum Gasteiger partial charge on any atom is 0.241 e. The van der Waals surface area contributed by atoms with Gasteiger partial charge in [0.15, 0.2) is 0 Å². The van der Waals surface area contributed by atoms with Crippen LogP contribution in [0.25, 0.3) is 10.8 Å². The molecule has 3 aromatic carbocycles. The second-order valence-corrected chi connectivity index (χ2v) is 14.4. The third-order valence-electron chi connectivity index (χ3n) is 8.76. The van der Waals surface area contributed by atoms with Crippen molar-refractivity contribution in [3.8, 4) is 5.75 Å². The fraction of sp³-hybridized carbons (Fsp3) is 0.324. The second-order valence-electron chi connectivity index (χ2n) is 11.9. The number of sulfonamides is 1. The molecule has 0 aliphatic carbocycles. The zero-order chi connectivity index (χ0) is 30.8. The molecule has 4 aliphatic rings. The second kappa shape index (κ2) is 12.9. The summed E-state index contributed by atoms with van der Waals surface area (Å²) in [6.07, 6.45) is 11.9. The highest BCUT2D eigenvalue weighted by Crippen LogP contribution is 2.34. The van der Waals surface area contributed by atoms with E-state index in [1.54, 1.807) is 18.2 Å². The Morgan fingerprint density at radius 3 is 2.76 bits per heavy atom. The van der Waals surface area contributed by atoms with Gasteiger partial charge in [0.1, 0.15) is 5.75 Å². The first kappa shape index (κ1) is 29.9. The van der Waals surface area contributed by atoms with Crippen LogP contribution >= 0.6 is 12.1 Å². The van der Waals surface area contributed by atoms with Crippen LogP contribution < -0.4 is 19.5 Å². The number of hydrogen-bond acceptors (Lipinski definition) is 8. The summed E-state index contributed by atoms with van der Waals surface area (Å²) in [7, 11) is -3.95. The smallest absolute Gasteiger partial charge is 0.241 e. The van der Waals surface area contributed by atoms with Gasteiger partial charge in [-0.15, -0.1) is 0 Å². The van der Waals surface area contributed by atoms with Crippen LogP contribution in [0.1, 0.15) is 49.3 Å². The van der Waals surface area contributed by atoms with Crippen molar-refractivity contribution in [1.29, 1.82) is 0 Å². The predicted octanol–water partition coefficient (Wildman–Crippen LogP) is 5.27. The number of benzene rings is 3. The SMILES string of the molecule is O=C(CC(NS(=O)(=O)c1ccc2ccccc2c1)C1=CC2=CNSN2C=C1)NC1CCOc2cc(CN3CCCCC3)ccc21. The summed E-state index contributed by atoms with van der Waals surface area (Å²) in [4.78, 5) is 16.3.